The quantitative estimate of drug-likeness (QED) is 0.920. The largest absolute Gasteiger partial charge is 0.280 e. The summed E-state index contributed by atoms with van der Waals surface area (Å²) in [7, 11) is -7.57. The molecule has 2 aromatic carbocycles. The maximum absolute atomic E-state index is 13.3. The highest BCUT2D eigenvalue weighted by atomic mass is 32.2. The molecule has 120 valence electrons. The first-order valence-corrected chi connectivity index (χ1v) is 9.58. The predicted octanol–water partition coefficient (Wildman–Crippen LogP) is 2.69. The summed E-state index contributed by atoms with van der Waals surface area (Å²) >= 11 is 0. The summed E-state index contributed by atoms with van der Waals surface area (Å²) in [6.07, 6.45) is 1.44. The van der Waals surface area contributed by atoms with Gasteiger partial charge >= 0.3 is 0 Å². The Labute approximate surface area is 133 Å². The number of sulfonamides is 1. The lowest BCUT2D eigenvalue weighted by Crippen LogP contribution is -2.15. The van der Waals surface area contributed by atoms with E-state index in [1.54, 1.807) is 6.92 Å². The molecule has 0 amide bonds. The average molecular weight is 353 g/mol. The van der Waals surface area contributed by atoms with Gasteiger partial charge in [-0.05, 0) is 48.4 Å². The Hall–Kier alpha value is -2.19. The molecule has 1 aliphatic rings. The van der Waals surface area contributed by atoms with E-state index in [-0.39, 0.29) is 15.5 Å². The fourth-order valence-corrected chi connectivity index (χ4v) is 4.83. The van der Waals surface area contributed by atoms with E-state index in [2.05, 4.69) is 4.72 Å². The van der Waals surface area contributed by atoms with Gasteiger partial charge in [0.05, 0.1) is 15.5 Å². The number of fused-ring (bicyclic) bond motifs is 1. The van der Waals surface area contributed by atoms with Crippen LogP contribution in [0, 0.1) is 12.7 Å². The molecule has 0 spiro atoms. The monoisotopic (exact) mass is 353 g/mol. The number of aryl methyl sites for hydroxylation is 1. The lowest BCUT2D eigenvalue weighted by atomic mass is 10.2. The minimum Gasteiger partial charge on any atom is -0.280 e. The predicted molar refractivity (Wildman–Crippen MR) is 84.6 cm³/mol. The van der Waals surface area contributed by atoms with Crippen LogP contribution in [0.1, 0.15) is 11.1 Å². The number of halogens is 1. The van der Waals surface area contributed by atoms with Crippen LogP contribution in [-0.4, -0.2) is 16.8 Å². The molecule has 1 aliphatic heterocycles. The van der Waals surface area contributed by atoms with E-state index >= 15 is 0 Å². The minimum absolute atomic E-state index is 0.0358. The average Bonchev–Trinajstić information content (AvgIpc) is 2.77. The first-order chi connectivity index (χ1) is 10.7. The van der Waals surface area contributed by atoms with Crippen LogP contribution in [0.5, 0.6) is 0 Å². The van der Waals surface area contributed by atoms with E-state index in [1.165, 1.54) is 36.4 Å². The van der Waals surface area contributed by atoms with Crippen LogP contribution in [0.15, 0.2) is 51.6 Å². The number of sulfone groups is 1. The summed E-state index contributed by atoms with van der Waals surface area (Å²) in [4.78, 5) is -0.160. The van der Waals surface area contributed by atoms with Gasteiger partial charge < -0.3 is 0 Å². The third-order valence-corrected chi connectivity index (χ3v) is 6.42. The third kappa shape index (κ3) is 2.87. The maximum atomic E-state index is 13.3. The van der Waals surface area contributed by atoms with Crippen LogP contribution >= 0.6 is 0 Å². The second-order valence-corrected chi connectivity index (χ2v) is 8.57. The van der Waals surface area contributed by atoms with Crippen molar-refractivity contribution in [3.8, 4) is 0 Å². The van der Waals surface area contributed by atoms with Gasteiger partial charge in [0, 0.05) is 5.41 Å². The molecule has 3 rings (SSSR count). The number of hydrogen-bond donors (Lipinski definition) is 1. The van der Waals surface area contributed by atoms with Gasteiger partial charge in [0.1, 0.15) is 5.82 Å². The summed E-state index contributed by atoms with van der Waals surface area (Å²) in [5.41, 5.74) is 0.976. The molecule has 0 saturated heterocycles. The van der Waals surface area contributed by atoms with E-state index in [1.807, 2.05) is 0 Å². The highest BCUT2D eigenvalue weighted by molar-refractivity contribution is 7.95. The molecule has 8 heteroatoms. The third-order valence-electron chi connectivity index (χ3n) is 3.44. The van der Waals surface area contributed by atoms with Gasteiger partial charge in [0.2, 0.25) is 9.84 Å². The Morgan fingerprint density at radius 3 is 2.57 bits per heavy atom. The SMILES string of the molecule is Cc1ccc(F)cc1S(=O)(=O)Nc1ccc2c(c1)S(=O)(=O)C=C2. The van der Waals surface area contributed by atoms with E-state index in [4.69, 9.17) is 0 Å². The van der Waals surface area contributed by atoms with Gasteiger partial charge in [-0.2, -0.15) is 0 Å². The van der Waals surface area contributed by atoms with Crippen molar-refractivity contribution in [3.05, 3.63) is 58.8 Å². The Morgan fingerprint density at radius 2 is 1.83 bits per heavy atom. The molecular formula is C15H12FNO4S2. The normalized spacial score (nSPS) is 15.4. The van der Waals surface area contributed by atoms with Crippen molar-refractivity contribution < 1.29 is 21.2 Å². The standard InChI is InChI=1S/C15H12FNO4S2/c1-10-2-4-12(16)8-14(10)23(20,21)17-13-5-3-11-6-7-22(18,19)15(11)9-13/h2-9,17H,1H3. The summed E-state index contributed by atoms with van der Waals surface area (Å²) in [6, 6.07) is 7.66. The lowest BCUT2D eigenvalue weighted by Gasteiger charge is -2.11. The summed E-state index contributed by atoms with van der Waals surface area (Å²) in [6.45, 7) is 1.55. The Kier molecular flexibility index (Phi) is 3.53. The van der Waals surface area contributed by atoms with Gasteiger partial charge in [0.25, 0.3) is 10.0 Å². The first-order valence-electron chi connectivity index (χ1n) is 6.55. The maximum Gasteiger partial charge on any atom is 0.262 e. The molecule has 0 aromatic heterocycles. The molecule has 0 aliphatic carbocycles. The zero-order valence-electron chi connectivity index (χ0n) is 11.9. The second-order valence-electron chi connectivity index (χ2n) is 5.12. The van der Waals surface area contributed by atoms with Crippen molar-refractivity contribution in [2.45, 2.75) is 16.7 Å². The van der Waals surface area contributed by atoms with Gasteiger partial charge in [-0.1, -0.05) is 12.1 Å². The van der Waals surface area contributed by atoms with E-state index < -0.39 is 25.7 Å². The Morgan fingerprint density at radius 1 is 1.09 bits per heavy atom. The lowest BCUT2D eigenvalue weighted by molar-refractivity contribution is 0.594. The first kappa shape index (κ1) is 15.7. The van der Waals surface area contributed by atoms with Crippen molar-refractivity contribution in [3.63, 3.8) is 0 Å². The molecule has 0 atom stereocenters. The molecule has 5 nitrogen and oxygen atoms in total. The van der Waals surface area contributed by atoms with Gasteiger partial charge in [0.15, 0.2) is 0 Å². The molecule has 23 heavy (non-hydrogen) atoms. The molecule has 0 radical (unpaired) electrons. The molecule has 0 fully saturated rings. The summed E-state index contributed by atoms with van der Waals surface area (Å²) in [5, 5.41) is 1.06. The molecule has 0 bridgehead atoms. The van der Waals surface area contributed by atoms with Crippen LogP contribution in [0.2, 0.25) is 0 Å². The van der Waals surface area contributed by atoms with Crippen LogP contribution in [0.3, 0.4) is 0 Å². The van der Waals surface area contributed by atoms with Crippen molar-refractivity contribution in [2.75, 3.05) is 4.72 Å². The number of anilines is 1. The molecule has 1 N–H and O–H groups in total. The zero-order valence-corrected chi connectivity index (χ0v) is 13.6. The van der Waals surface area contributed by atoms with Crippen LogP contribution in [-0.2, 0) is 19.9 Å². The van der Waals surface area contributed by atoms with Crippen molar-refractivity contribution >= 4 is 31.6 Å². The topological polar surface area (TPSA) is 80.3 Å². The van der Waals surface area contributed by atoms with E-state index in [0.717, 1.165) is 11.5 Å². The summed E-state index contributed by atoms with van der Waals surface area (Å²) < 4.78 is 64.0. The number of rotatable bonds is 3. The zero-order chi connectivity index (χ0) is 16.8. The van der Waals surface area contributed by atoms with Crippen molar-refractivity contribution in [2.24, 2.45) is 0 Å². The fraction of sp³-hybridized carbons (Fsp3) is 0.0667. The smallest absolute Gasteiger partial charge is 0.262 e. The Balaban J connectivity index is 2.01. The second kappa shape index (κ2) is 5.17. The summed E-state index contributed by atoms with van der Waals surface area (Å²) in [5.74, 6) is -0.670. The number of benzene rings is 2. The fourth-order valence-electron chi connectivity index (χ4n) is 2.29. The van der Waals surface area contributed by atoms with E-state index in [0.29, 0.717) is 11.1 Å². The highest BCUT2D eigenvalue weighted by Crippen LogP contribution is 2.30. The molecule has 2 aromatic rings. The van der Waals surface area contributed by atoms with Crippen molar-refractivity contribution in [1.29, 1.82) is 0 Å². The van der Waals surface area contributed by atoms with Crippen molar-refractivity contribution in [1.82, 2.24) is 0 Å². The molecule has 0 saturated carbocycles. The number of hydrogen-bond acceptors (Lipinski definition) is 4. The number of nitrogens with one attached hydrogen (secondary N) is 1. The Bertz CT molecular complexity index is 1040. The van der Waals surface area contributed by atoms with E-state index in [9.17, 15) is 21.2 Å². The van der Waals surface area contributed by atoms with Crippen LogP contribution in [0.4, 0.5) is 10.1 Å². The van der Waals surface area contributed by atoms with Crippen LogP contribution in [0.25, 0.3) is 6.08 Å². The van der Waals surface area contributed by atoms with Gasteiger partial charge in [-0.15, -0.1) is 0 Å². The highest BCUT2D eigenvalue weighted by Gasteiger charge is 2.23. The molecule has 0 unspecified atom stereocenters. The van der Waals surface area contributed by atoms with Crippen LogP contribution < -0.4 is 4.72 Å². The van der Waals surface area contributed by atoms with Gasteiger partial charge in [-0.25, -0.2) is 21.2 Å². The van der Waals surface area contributed by atoms with Gasteiger partial charge in [-0.3, -0.25) is 4.72 Å². The molecular weight excluding hydrogens is 341 g/mol. The molecule has 1 heterocycles. The minimum atomic E-state index is -4.03.